The van der Waals surface area contributed by atoms with Gasteiger partial charge in [-0.3, -0.25) is 0 Å². The monoisotopic (exact) mass is 305 g/mol. The highest BCUT2D eigenvalue weighted by atomic mass is 16.4. The molecule has 0 amide bonds. The van der Waals surface area contributed by atoms with Gasteiger partial charge >= 0.3 is 5.97 Å². The van der Waals surface area contributed by atoms with Crippen molar-refractivity contribution in [1.82, 2.24) is 0 Å². The Bertz CT molecular complexity index is 420. The van der Waals surface area contributed by atoms with Crippen molar-refractivity contribution < 1.29 is 9.90 Å². The summed E-state index contributed by atoms with van der Waals surface area (Å²) in [5, 5.41) is 11.3. The van der Waals surface area contributed by atoms with Gasteiger partial charge in [-0.1, -0.05) is 80.5 Å². The van der Waals surface area contributed by atoms with Crippen LogP contribution in [0, 0.1) is 4.91 Å². The first-order chi connectivity index (χ1) is 10.7. The Hall–Kier alpha value is -1.71. The maximum Gasteiger partial charge on any atom is 0.332 e. The van der Waals surface area contributed by atoms with Gasteiger partial charge in [0, 0.05) is 0 Å². The summed E-state index contributed by atoms with van der Waals surface area (Å²) in [6.45, 7) is 0. The molecular formula is C18H27NO3. The predicted octanol–water partition coefficient (Wildman–Crippen LogP) is 4.96. The Morgan fingerprint density at radius 1 is 0.909 bits per heavy atom. The van der Waals surface area contributed by atoms with Gasteiger partial charge in [0.15, 0.2) is 6.04 Å². The fourth-order valence-electron chi connectivity index (χ4n) is 2.59. The van der Waals surface area contributed by atoms with Crippen molar-refractivity contribution in [3.05, 3.63) is 40.8 Å². The molecule has 0 saturated heterocycles. The third-order valence-electron chi connectivity index (χ3n) is 3.95. The molecule has 22 heavy (non-hydrogen) atoms. The van der Waals surface area contributed by atoms with Gasteiger partial charge in [-0.15, -0.1) is 4.91 Å². The highest BCUT2D eigenvalue weighted by molar-refractivity contribution is 5.73. The largest absolute Gasteiger partial charge is 0.480 e. The molecule has 1 rings (SSSR count). The van der Waals surface area contributed by atoms with Crippen LogP contribution in [0.2, 0.25) is 0 Å². The lowest BCUT2D eigenvalue weighted by molar-refractivity contribution is -0.138. The van der Waals surface area contributed by atoms with E-state index >= 15 is 0 Å². The summed E-state index contributed by atoms with van der Waals surface area (Å²) in [6.07, 6.45) is 10.6. The molecule has 0 bridgehead atoms. The topological polar surface area (TPSA) is 66.7 Å². The highest BCUT2D eigenvalue weighted by Gasteiger charge is 2.16. The summed E-state index contributed by atoms with van der Waals surface area (Å²) >= 11 is 0. The molecule has 4 heteroatoms. The number of benzene rings is 1. The molecule has 0 radical (unpaired) electrons. The number of hydrogen-bond acceptors (Lipinski definition) is 3. The van der Waals surface area contributed by atoms with E-state index in [1.54, 1.807) is 0 Å². The Kier molecular flexibility index (Phi) is 9.92. The first-order valence-electron chi connectivity index (χ1n) is 8.33. The average Bonchev–Trinajstić information content (AvgIpc) is 2.53. The van der Waals surface area contributed by atoms with Gasteiger partial charge in [-0.2, -0.15) is 0 Å². The average molecular weight is 305 g/mol. The van der Waals surface area contributed by atoms with Gasteiger partial charge in [0.25, 0.3) is 0 Å². The van der Waals surface area contributed by atoms with E-state index in [0.29, 0.717) is 6.42 Å². The van der Waals surface area contributed by atoms with Crippen LogP contribution in [0.4, 0.5) is 0 Å². The molecule has 1 N–H and O–H groups in total. The maximum absolute atomic E-state index is 10.6. The second kappa shape index (κ2) is 11.9. The van der Waals surface area contributed by atoms with Crippen LogP contribution in [-0.4, -0.2) is 17.1 Å². The van der Waals surface area contributed by atoms with Crippen molar-refractivity contribution in [2.45, 2.75) is 70.3 Å². The molecule has 0 aliphatic rings. The minimum atomic E-state index is -1.10. The molecule has 1 aromatic rings. The van der Waals surface area contributed by atoms with Crippen molar-refractivity contribution in [2.75, 3.05) is 0 Å². The minimum Gasteiger partial charge on any atom is -0.480 e. The lowest BCUT2D eigenvalue weighted by Crippen LogP contribution is -2.16. The highest BCUT2D eigenvalue weighted by Crippen LogP contribution is 2.13. The Labute approximate surface area is 132 Å². The van der Waals surface area contributed by atoms with Crippen LogP contribution >= 0.6 is 0 Å². The molecule has 4 nitrogen and oxygen atoms in total. The molecular weight excluding hydrogens is 278 g/mol. The number of nitrogens with zero attached hydrogens (tertiary/aromatic N) is 1. The zero-order chi connectivity index (χ0) is 16.0. The third-order valence-corrected chi connectivity index (χ3v) is 3.95. The number of hydrogen-bond donors (Lipinski definition) is 1. The third kappa shape index (κ3) is 8.55. The number of unbranched alkanes of at least 4 members (excludes halogenated alkanes) is 7. The van der Waals surface area contributed by atoms with Crippen LogP contribution in [0.25, 0.3) is 0 Å². The minimum absolute atomic E-state index is 0.371. The van der Waals surface area contributed by atoms with Gasteiger partial charge in [0.2, 0.25) is 0 Å². The molecule has 0 spiro atoms. The second-order valence-electron chi connectivity index (χ2n) is 5.81. The number of aliphatic carboxylic acids is 1. The van der Waals surface area contributed by atoms with Crippen LogP contribution in [0.5, 0.6) is 0 Å². The molecule has 122 valence electrons. The first-order valence-corrected chi connectivity index (χ1v) is 8.33. The molecule has 0 aromatic heterocycles. The molecule has 0 fully saturated rings. The van der Waals surface area contributed by atoms with Crippen LogP contribution in [-0.2, 0) is 11.2 Å². The lowest BCUT2D eigenvalue weighted by atomic mass is 10.0. The second-order valence-corrected chi connectivity index (χ2v) is 5.81. The zero-order valence-electron chi connectivity index (χ0n) is 13.2. The van der Waals surface area contributed by atoms with E-state index < -0.39 is 12.0 Å². The fourth-order valence-corrected chi connectivity index (χ4v) is 2.59. The smallest absolute Gasteiger partial charge is 0.332 e. The number of carboxylic acid groups (broad SMARTS) is 1. The number of nitroso groups, excluding NO2 is 1. The van der Waals surface area contributed by atoms with Gasteiger partial charge in [-0.05, 0) is 24.8 Å². The fraction of sp³-hybridized carbons (Fsp3) is 0.611. The van der Waals surface area contributed by atoms with Crippen molar-refractivity contribution in [3.8, 4) is 0 Å². The molecule has 1 aromatic carbocycles. The van der Waals surface area contributed by atoms with Gasteiger partial charge in [0.05, 0.1) is 0 Å². The number of aryl methyl sites for hydroxylation is 1. The number of carbonyl (C=O) groups is 1. The zero-order valence-corrected chi connectivity index (χ0v) is 13.2. The van der Waals surface area contributed by atoms with Crippen molar-refractivity contribution in [3.63, 3.8) is 0 Å². The van der Waals surface area contributed by atoms with Gasteiger partial charge < -0.3 is 5.11 Å². The predicted molar refractivity (Wildman–Crippen MR) is 88.9 cm³/mol. The van der Waals surface area contributed by atoms with E-state index in [2.05, 4.69) is 29.4 Å². The van der Waals surface area contributed by atoms with Crippen LogP contribution in [0.3, 0.4) is 0 Å². The molecule has 1 atom stereocenters. The van der Waals surface area contributed by atoms with Gasteiger partial charge in [0.1, 0.15) is 0 Å². The van der Waals surface area contributed by atoms with Crippen molar-refractivity contribution in [1.29, 1.82) is 0 Å². The van der Waals surface area contributed by atoms with Crippen molar-refractivity contribution >= 4 is 5.97 Å². The van der Waals surface area contributed by atoms with Crippen molar-refractivity contribution in [2.24, 2.45) is 5.18 Å². The Morgan fingerprint density at radius 3 is 2.00 bits per heavy atom. The standard InChI is InChI=1S/C18H27NO3/c20-18(21)17(19-22)15-11-6-4-2-1-3-5-8-12-16-13-9-7-10-14-16/h7,9-10,13-14,17H,1-6,8,11-12,15H2,(H,20,21). The Balaban J connectivity index is 1.87. The summed E-state index contributed by atoms with van der Waals surface area (Å²) < 4.78 is 0. The number of rotatable bonds is 13. The summed E-state index contributed by atoms with van der Waals surface area (Å²) in [4.78, 5) is 20.9. The summed E-state index contributed by atoms with van der Waals surface area (Å²) in [7, 11) is 0. The van der Waals surface area contributed by atoms with Crippen LogP contribution in [0.1, 0.15) is 63.4 Å². The first kappa shape index (κ1) is 18.3. The summed E-state index contributed by atoms with van der Waals surface area (Å²) in [6, 6.07) is 9.53. The van der Waals surface area contributed by atoms with E-state index in [1.807, 2.05) is 6.07 Å². The summed E-state index contributed by atoms with van der Waals surface area (Å²) in [5.74, 6) is -1.10. The maximum atomic E-state index is 10.6. The lowest BCUT2D eigenvalue weighted by Gasteiger charge is -2.04. The summed E-state index contributed by atoms with van der Waals surface area (Å²) in [5.41, 5.74) is 1.42. The SMILES string of the molecule is O=NC(CCCCCCCCCCc1ccccc1)C(=O)O. The van der Waals surface area contributed by atoms with E-state index in [-0.39, 0.29) is 0 Å². The van der Waals surface area contributed by atoms with E-state index in [9.17, 15) is 9.70 Å². The van der Waals surface area contributed by atoms with E-state index in [1.165, 1.54) is 37.7 Å². The number of carboxylic acids is 1. The molecule has 0 saturated carbocycles. The quantitative estimate of drug-likeness (QED) is 0.414. The normalized spacial score (nSPS) is 12.0. The van der Waals surface area contributed by atoms with E-state index in [4.69, 9.17) is 5.11 Å². The Morgan fingerprint density at radius 2 is 1.45 bits per heavy atom. The van der Waals surface area contributed by atoms with Gasteiger partial charge in [-0.25, -0.2) is 4.79 Å². The molecule has 1 unspecified atom stereocenters. The van der Waals surface area contributed by atoms with Crippen LogP contribution in [0.15, 0.2) is 35.5 Å². The molecule has 0 aliphatic heterocycles. The van der Waals surface area contributed by atoms with Crippen LogP contribution < -0.4 is 0 Å². The molecule has 0 heterocycles. The molecule has 0 aliphatic carbocycles. The van der Waals surface area contributed by atoms with E-state index in [0.717, 1.165) is 25.7 Å².